The molecule has 0 radical (unpaired) electrons. The van der Waals surface area contributed by atoms with Crippen molar-refractivity contribution in [3.63, 3.8) is 0 Å². The summed E-state index contributed by atoms with van der Waals surface area (Å²) in [4.78, 5) is -0.0665. The zero-order chi connectivity index (χ0) is 11.9. The standard InChI is InChI=1S/C7H16N2O4S2/c1-12-4-6(13-2)3-9-15(10,11)5-7(8)14/h6,9H,3-5H2,1-2H3,(H2,8,14). The number of nitrogens with two attached hydrogens (primary N) is 1. The molecule has 0 aliphatic heterocycles. The normalized spacial score (nSPS) is 13.7. The Bertz CT molecular complexity index is 291. The van der Waals surface area contributed by atoms with Crippen molar-refractivity contribution in [3.05, 3.63) is 0 Å². The molecule has 0 saturated heterocycles. The third kappa shape index (κ3) is 7.63. The summed E-state index contributed by atoms with van der Waals surface area (Å²) >= 11 is 4.51. The Labute approximate surface area is 95.2 Å². The van der Waals surface area contributed by atoms with E-state index in [9.17, 15) is 8.42 Å². The van der Waals surface area contributed by atoms with Crippen LogP contribution in [0.4, 0.5) is 0 Å². The van der Waals surface area contributed by atoms with Crippen molar-refractivity contribution in [2.24, 2.45) is 5.73 Å². The molecule has 0 aliphatic carbocycles. The van der Waals surface area contributed by atoms with Gasteiger partial charge in [-0.2, -0.15) is 0 Å². The van der Waals surface area contributed by atoms with Gasteiger partial charge in [-0.3, -0.25) is 0 Å². The lowest BCUT2D eigenvalue weighted by atomic mass is 10.4. The maximum absolute atomic E-state index is 11.3. The van der Waals surface area contributed by atoms with Crippen LogP contribution in [-0.4, -0.2) is 52.6 Å². The van der Waals surface area contributed by atoms with Crippen LogP contribution in [0.1, 0.15) is 0 Å². The Morgan fingerprint density at radius 3 is 2.53 bits per heavy atom. The zero-order valence-electron chi connectivity index (χ0n) is 8.73. The van der Waals surface area contributed by atoms with Crippen molar-refractivity contribution in [2.45, 2.75) is 6.10 Å². The lowest BCUT2D eigenvalue weighted by Crippen LogP contribution is -2.39. The van der Waals surface area contributed by atoms with Crippen molar-refractivity contribution in [3.8, 4) is 0 Å². The van der Waals surface area contributed by atoms with Gasteiger partial charge in [-0.15, -0.1) is 0 Å². The van der Waals surface area contributed by atoms with Crippen molar-refractivity contribution < 1.29 is 17.9 Å². The first kappa shape index (κ1) is 14.7. The SMILES string of the molecule is COCC(CNS(=O)(=O)CC(N)=S)OC. The predicted octanol–water partition coefficient (Wildman–Crippen LogP) is -1.15. The fourth-order valence-corrected chi connectivity index (χ4v) is 2.24. The molecule has 0 spiro atoms. The summed E-state index contributed by atoms with van der Waals surface area (Å²) in [5.41, 5.74) is 5.13. The fraction of sp³-hybridized carbons (Fsp3) is 0.857. The molecule has 0 bridgehead atoms. The van der Waals surface area contributed by atoms with E-state index in [1.54, 1.807) is 0 Å². The van der Waals surface area contributed by atoms with E-state index in [-0.39, 0.29) is 23.4 Å². The van der Waals surface area contributed by atoms with Crippen LogP contribution in [0.15, 0.2) is 0 Å². The number of thiocarbonyl (C=S) groups is 1. The van der Waals surface area contributed by atoms with Crippen molar-refractivity contribution in [1.29, 1.82) is 0 Å². The predicted molar refractivity (Wildman–Crippen MR) is 61.2 cm³/mol. The topological polar surface area (TPSA) is 90.7 Å². The summed E-state index contributed by atoms with van der Waals surface area (Å²) in [6, 6.07) is 0. The average molecular weight is 256 g/mol. The van der Waals surface area contributed by atoms with Gasteiger partial charge in [0.1, 0.15) is 5.75 Å². The Kier molecular flexibility index (Phi) is 6.94. The number of ether oxygens (including phenoxy) is 2. The van der Waals surface area contributed by atoms with Gasteiger partial charge < -0.3 is 15.2 Å². The van der Waals surface area contributed by atoms with Gasteiger partial charge in [0.15, 0.2) is 0 Å². The van der Waals surface area contributed by atoms with Gasteiger partial charge in [-0.25, -0.2) is 13.1 Å². The minimum atomic E-state index is -3.46. The van der Waals surface area contributed by atoms with Gasteiger partial charge in [0, 0.05) is 20.8 Å². The molecule has 3 N–H and O–H groups in total. The highest BCUT2D eigenvalue weighted by Crippen LogP contribution is 1.91. The van der Waals surface area contributed by atoms with Gasteiger partial charge in [0.05, 0.1) is 17.7 Å². The van der Waals surface area contributed by atoms with Crippen LogP contribution in [0, 0.1) is 0 Å². The van der Waals surface area contributed by atoms with Crippen molar-refractivity contribution >= 4 is 27.2 Å². The molecule has 8 heteroatoms. The molecule has 0 fully saturated rings. The van der Waals surface area contributed by atoms with E-state index in [0.29, 0.717) is 6.61 Å². The molecule has 0 amide bonds. The number of hydrogen-bond donors (Lipinski definition) is 2. The molecule has 0 aromatic carbocycles. The Morgan fingerprint density at radius 2 is 2.13 bits per heavy atom. The van der Waals surface area contributed by atoms with E-state index >= 15 is 0 Å². The third-order valence-corrected chi connectivity index (χ3v) is 3.17. The Balaban J connectivity index is 4.06. The van der Waals surface area contributed by atoms with Gasteiger partial charge in [0.2, 0.25) is 10.0 Å². The molecule has 0 aromatic rings. The van der Waals surface area contributed by atoms with E-state index in [1.807, 2.05) is 0 Å². The summed E-state index contributed by atoms with van der Waals surface area (Å²) in [6.07, 6.45) is -0.323. The number of methoxy groups -OCH3 is 2. The smallest absolute Gasteiger partial charge is 0.218 e. The molecule has 1 atom stereocenters. The lowest BCUT2D eigenvalue weighted by Gasteiger charge is -2.14. The summed E-state index contributed by atoms with van der Waals surface area (Å²) in [5.74, 6) is -0.355. The highest BCUT2D eigenvalue weighted by atomic mass is 32.2. The van der Waals surface area contributed by atoms with Gasteiger partial charge in [-0.1, -0.05) is 12.2 Å². The van der Waals surface area contributed by atoms with Crippen LogP contribution in [0.3, 0.4) is 0 Å². The van der Waals surface area contributed by atoms with Gasteiger partial charge >= 0.3 is 0 Å². The first-order valence-corrected chi connectivity index (χ1v) is 6.24. The molecule has 0 aromatic heterocycles. The van der Waals surface area contributed by atoms with E-state index in [1.165, 1.54) is 14.2 Å². The molecular formula is C7H16N2O4S2. The van der Waals surface area contributed by atoms with Crippen LogP contribution in [0.25, 0.3) is 0 Å². The van der Waals surface area contributed by atoms with E-state index < -0.39 is 10.0 Å². The summed E-state index contributed by atoms with van der Waals surface area (Å²) in [5, 5.41) is 0. The fourth-order valence-electron chi connectivity index (χ4n) is 0.854. The largest absolute Gasteiger partial charge is 0.392 e. The Morgan fingerprint density at radius 1 is 1.53 bits per heavy atom. The summed E-state index contributed by atoms with van der Waals surface area (Å²) in [6.45, 7) is 0.446. The average Bonchev–Trinajstić information content (AvgIpc) is 2.10. The zero-order valence-corrected chi connectivity index (χ0v) is 10.4. The molecule has 15 heavy (non-hydrogen) atoms. The van der Waals surface area contributed by atoms with Crippen molar-refractivity contribution in [2.75, 3.05) is 33.1 Å². The van der Waals surface area contributed by atoms with Crippen LogP contribution in [-0.2, 0) is 19.5 Å². The summed E-state index contributed by atoms with van der Waals surface area (Å²) in [7, 11) is -0.469. The van der Waals surface area contributed by atoms with E-state index in [0.717, 1.165) is 0 Å². The molecular weight excluding hydrogens is 240 g/mol. The summed E-state index contributed by atoms with van der Waals surface area (Å²) < 4.78 is 34.7. The number of sulfonamides is 1. The van der Waals surface area contributed by atoms with E-state index in [2.05, 4.69) is 16.9 Å². The van der Waals surface area contributed by atoms with Crippen LogP contribution >= 0.6 is 12.2 Å². The maximum Gasteiger partial charge on any atom is 0.218 e. The van der Waals surface area contributed by atoms with Gasteiger partial charge in [-0.05, 0) is 0 Å². The molecule has 0 saturated carbocycles. The van der Waals surface area contributed by atoms with Crippen LogP contribution in [0.5, 0.6) is 0 Å². The minimum absolute atomic E-state index is 0.0665. The van der Waals surface area contributed by atoms with Gasteiger partial charge in [0.25, 0.3) is 0 Å². The first-order valence-electron chi connectivity index (χ1n) is 4.18. The molecule has 90 valence electrons. The van der Waals surface area contributed by atoms with Crippen LogP contribution < -0.4 is 10.5 Å². The number of rotatable bonds is 8. The number of hydrogen-bond acceptors (Lipinski definition) is 5. The maximum atomic E-state index is 11.3. The first-order chi connectivity index (χ1) is 6.91. The number of nitrogens with one attached hydrogen (secondary N) is 1. The van der Waals surface area contributed by atoms with Crippen molar-refractivity contribution in [1.82, 2.24) is 4.72 Å². The third-order valence-electron chi connectivity index (χ3n) is 1.55. The Hall–Kier alpha value is -0.280. The quantitative estimate of drug-likeness (QED) is 0.533. The van der Waals surface area contributed by atoms with E-state index in [4.69, 9.17) is 15.2 Å². The van der Waals surface area contributed by atoms with Crippen LogP contribution in [0.2, 0.25) is 0 Å². The molecule has 0 heterocycles. The molecule has 1 unspecified atom stereocenters. The second kappa shape index (κ2) is 7.07. The molecule has 0 aliphatic rings. The highest BCUT2D eigenvalue weighted by molar-refractivity contribution is 7.92. The second-order valence-corrected chi connectivity index (χ2v) is 5.22. The second-order valence-electron chi connectivity index (χ2n) is 2.89. The molecule has 6 nitrogen and oxygen atoms in total. The monoisotopic (exact) mass is 256 g/mol. The highest BCUT2D eigenvalue weighted by Gasteiger charge is 2.15. The minimum Gasteiger partial charge on any atom is -0.392 e. The molecule has 0 rings (SSSR count). The lowest BCUT2D eigenvalue weighted by molar-refractivity contribution is 0.0320.